The SMILES string of the molecule is C=CCN(CC=C)n1nnc2ccccc21. The molecule has 0 amide bonds. The number of aromatic nitrogens is 3. The van der Waals surface area contributed by atoms with Crippen LogP contribution in [0.15, 0.2) is 49.6 Å². The Labute approximate surface area is 94.4 Å². The molecule has 0 spiro atoms. The maximum atomic E-state index is 4.13. The van der Waals surface area contributed by atoms with Gasteiger partial charge < -0.3 is 0 Å². The minimum atomic E-state index is 0.708. The monoisotopic (exact) mass is 214 g/mol. The minimum absolute atomic E-state index is 0.708. The van der Waals surface area contributed by atoms with Gasteiger partial charge in [0.25, 0.3) is 0 Å². The summed E-state index contributed by atoms with van der Waals surface area (Å²) in [7, 11) is 0. The zero-order valence-corrected chi connectivity index (χ0v) is 9.08. The second kappa shape index (κ2) is 4.61. The normalized spacial score (nSPS) is 10.2. The summed E-state index contributed by atoms with van der Waals surface area (Å²) in [6, 6.07) is 7.86. The number of para-hydroxylation sites is 1. The molecule has 82 valence electrons. The second-order valence-electron chi connectivity index (χ2n) is 3.42. The van der Waals surface area contributed by atoms with Gasteiger partial charge in [0, 0.05) is 0 Å². The zero-order valence-electron chi connectivity index (χ0n) is 9.08. The Hall–Kier alpha value is -2.10. The first-order valence-electron chi connectivity index (χ1n) is 5.14. The molecule has 0 saturated carbocycles. The van der Waals surface area contributed by atoms with Gasteiger partial charge >= 0.3 is 0 Å². The van der Waals surface area contributed by atoms with Gasteiger partial charge in [-0.3, -0.25) is 5.01 Å². The first-order valence-corrected chi connectivity index (χ1v) is 5.14. The maximum absolute atomic E-state index is 4.13. The molecular weight excluding hydrogens is 200 g/mol. The average molecular weight is 214 g/mol. The lowest BCUT2D eigenvalue weighted by molar-refractivity contribution is 0.580. The molecule has 0 fully saturated rings. The molecule has 0 atom stereocenters. The minimum Gasteiger partial charge on any atom is -0.287 e. The van der Waals surface area contributed by atoms with Gasteiger partial charge in [-0.1, -0.05) is 24.3 Å². The molecule has 4 nitrogen and oxygen atoms in total. The summed E-state index contributed by atoms with van der Waals surface area (Å²) in [5, 5.41) is 10.2. The summed E-state index contributed by atoms with van der Waals surface area (Å²) in [6.45, 7) is 8.89. The molecule has 0 aliphatic rings. The van der Waals surface area contributed by atoms with Crippen LogP contribution in [0.2, 0.25) is 0 Å². The van der Waals surface area contributed by atoms with Gasteiger partial charge in [-0.15, -0.1) is 18.3 Å². The first-order chi connectivity index (χ1) is 7.86. The van der Waals surface area contributed by atoms with Gasteiger partial charge in [0.15, 0.2) is 0 Å². The fourth-order valence-corrected chi connectivity index (χ4v) is 1.59. The van der Waals surface area contributed by atoms with E-state index in [1.54, 1.807) is 4.79 Å². The second-order valence-corrected chi connectivity index (χ2v) is 3.42. The topological polar surface area (TPSA) is 34.0 Å². The third kappa shape index (κ3) is 1.82. The lowest BCUT2D eigenvalue weighted by Gasteiger charge is -2.20. The van der Waals surface area contributed by atoms with Gasteiger partial charge in [0.2, 0.25) is 0 Å². The highest BCUT2D eigenvalue weighted by Crippen LogP contribution is 2.10. The van der Waals surface area contributed by atoms with E-state index in [0.29, 0.717) is 13.1 Å². The Morgan fingerprint density at radius 1 is 1.19 bits per heavy atom. The molecule has 0 bridgehead atoms. The van der Waals surface area contributed by atoms with Crippen molar-refractivity contribution in [1.82, 2.24) is 15.1 Å². The van der Waals surface area contributed by atoms with Gasteiger partial charge in [0.1, 0.15) is 11.0 Å². The van der Waals surface area contributed by atoms with Crippen LogP contribution in [0, 0.1) is 0 Å². The Morgan fingerprint density at radius 2 is 1.88 bits per heavy atom. The highest BCUT2D eigenvalue weighted by atomic mass is 15.7. The predicted molar refractivity (Wildman–Crippen MR) is 65.9 cm³/mol. The fourth-order valence-electron chi connectivity index (χ4n) is 1.59. The maximum Gasteiger partial charge on any atom is 0.115 e. The number of rotatable bonds is 5. The van der Waals surface area contributed by atoms with Gasteiger partial charge in [-0.2, -0.15) is 4.79 Å². The molecule has 4 heteroatoms. The van der Waals surface area contributed by atoms with E-state index in [0.717, 1.165) is 11.0 Å². The number of benzene rings is 1. The standard InChI is InChI=1S/C12H14N4/c1-3-9-15(10-4-2)16-12-8-6-5-7-11(12)13-14-16/h3-8H,1-2,9-10H2. The highest BCUT2D eigenvalue weighted by molar-refractivity contribution is 5.74. The van der Waals surface area contributed by atoms with Crippen LogP contribution in [-0.2, 0) is 0 Å². The number of hydrogen-bond donors (Lipinski definition) is 0. The summed E-state index contributed by atoms with van der Waals surface area (Å²) >= 11 is 0. The highest BCUT2D eigenvalue weighted by Gasteiger charge is 2.08. The molecule has 0 unspecified atom stereocenters. The lowest BCUT2D eigenvalue weighted by atomic mass is 10.3. The summed E-state index contributed by atoms with van der Waals surface area (Å²) in [5.41, 5.74) is 1.88. The fraction of sp³-hybridized carbons (Fsp3) is 0.167. The van der Waals surface area contributed by atoms with Crippen molar-refractivity contribution in [3.05, 3.63) is 49.6 Å². The summed E-state index contributed by atoms with van der Waals surface area (Å²) in [4.78, 5) is 1.79. The summed E-state index contributed by atoms with van der Waals surface area (Å²) in [6.07, 6.45) is 3.67. The van der Waals surface area contributed by atoms with Crippen LogP contribution in [0.1, 0.15) is 0 Å². The van der Waals surface area contributed by atoms with Crippen molar-refractivity contribution in [2.75, 3.05) is 18.1 Å². The van der Waals surface area contributed by atoms with Crippen LogP contribution in [0.3, 0.4) is 0 Å². The van der Waals surface area contributed by atoms with Crippen LogP contribution in [-0.4, -0.2) is 28.2 Å². The summed E-state index contributed by atoms with van der Waals surface area (Å²) in [5.74, 6) is 0. The van der Waals surface area contributed by atoms with Crippen LogP contribution >= 0.6 is 0 Å². The average Bonchev–Trinajstić information content (AvgIpc) is 2.72. The molecule has 0 aliphatic carbocycles. The van der Waals surface area contributed by atoms with Crippen LogP contribution in [0.5, 0.6) is 0 Å². The van der Waals surface area contributed by atoms with Crippen LogP contribution in [0.4, 0.5) is 0 Å². The van der Waals surface area contributed by atoms with Crippen molar-refractivity contribution < 1.29 is 0 Å². The Morgan fingerprint density at radius 3 is 2.56 bits per heavy atom. The van der Waals surface area contributed by atoms with Crippen molar-refractivity contribution in [2.24, 2.45) is 0 Å². The molecule has 2 aromatic rings. The number of hydrogen-bond acceptors (Lipinski definition) is 3. The Kier molecular flexibility index (Phi) is 3.00. The molecule has 0 aliphatic heterocycles. The Balaban J connectivity index is 2.43. The van der Waals surface area contributed by atoms with Crippen molar-refractivity contribution in [1.29, 1.82) is 0 Å². The van der Waals surface area contributed by atoms with E-state index < -0.39 is 0 Å². The largest absolute Gasteiger partial charge is 0.287 e. The molecule has 0 N–H and O–H groups in total. The van der Waals surface area contributed by atoms with E-state index >= 15 is 0 Å². The molecule has 1 aromatic heterocycles. The number of fused-ring (bicyclic) bond motifs is 1. The van der Waals surface area contributed by atoms with Crippen molar-refractivity contribution in [3.8, 4) is 0 Å². The molecule has 1 heterocycles. The quantitative estimate of drug-likeness (QED) is 0.711. The molecular formula is C12H14N4. The van der Waals surface area contributed by atoms with E-state index in [1.165, 1.54) is 0 Å². The van der Waals surface area contributed by atoms with E-state index in [2.05, 4.69) is 23.5 Å². The molecule has 1 aromatic carbocycles. The van der Waals surface area contributed by atoms with Crippen LogP contribution in [0.25, 0.3) is 11.0 Å². The molecule has 0 radical (unpaired) electrons. The van der Waals surface area contributed by atoms with Crippen LogP contribution < -0.4 is 5.01 Å². The predicted octanol–water partition coefficient (Wildman–Crippen LogP) is 1.74. The number of nitrogens with zero attached hydrogens (tertiary/aromatic N) is 4. The van der Waals surface area contributed by atoms with Gasteiger partial charge in [-0.05, 0) is 17.3 Å². The smallest absolute Gasteiger partial charge is 0.115 e. The van der Waals surface area contributed by atoms with Crippen molar-refractivity contribution in [3.63, 3.8) is 0 Å². The van der Waals surface area contributed by atoms with E-state index in [1.807, 2.05) is 41.4 Å². The third-order valence-electron chi connectivity index (χ3n) is 2.28. The third-order valence-corrected chi connectivity index (χ3v) is 2.28. The zero-order chi connectivity index (χ0) is 11.4. The molecule has 0 saturated heterocycles. The van der Waals surface area contributed by atoms with Crippen molar-refractivity contribution >= 4 is 11.0 Å². The van der Waals surface area contributed by atoms with E-state index in [4.69, 9.17) is 0 Å². The lowest BCUT2D eigenvalue weighted by Crippen LogP contribution is -2.35. The van der Waals surface area contributed by atoms with Gasteiger partial charge in [0.05, 0.1) is 13.1 Å². The summed E-state index contributed by atoms with van der Waals surface area (Å²) < 4.78 is 0. The molecule has 2 rings (SSSR count). The van der Waals surface area contributed by atoms with E-state index in [-0.39, 0.29) is 0 Å². The molecule has 16 heavy (non-hydrogen) atoms. The first kappa shape index (κ1) is 10.4. The van der Waals surface area contributed by atoms with Gasteiger partial charge in [-0.25, -0.2) is 0 Å². The van der Waals surface area contributed by atoms with E-state index in [9.17, 15) is 0 Å². The Bertz CT molecular complexity index is 490. The van der Waals surface area contributed by atoms with Crippen molar-refractivity contribution in [2.45, 2.75) is 0 Å².